The Balaban J connectivity index is 1.93. The fourth-order valence-electron chi connectivity index (χ4n) is 3.33. The van der Waals surface area contributed by atoms with Crippen molar-refractivity contribution >= 4 is 5.57 Å². The van der Waals surface area contributed by atoms with Crippen LogP contribution in [0.15, 0.2) is 43.0 Å². The Morgan fingerprint density at radius 3 is 2.50 bits per heavy atom. The summed E-state index contributed by atoms with van der Waals surface area (Å²) in [4.78, 5) is 0. The Morgan fingerprint density at radius 1 is 1.04 bits per heavy atom. The molecule has 0 amide bonds. The molecule has 0 N–H and O–H groups in total. The maximum absolute atomic E-state index is 5.57. The maximum Gasteiger partial charge on any atom is 0.0274 e. The molecule has 0 bridgehead atoms. The van der Waals surface area contributed by atoms with Gasteiger partial charge >= 0.3 is 0 Å². The molecule has 0 saturated heterocycles. The van der Waals surface area contributed by atoms with Gasteiger partial charge in [-0.25, -0.2) is 0 Å². The Bertz CT molecular complexity index is 756. The molecule has 0 unspecified atom stereocenters. The first kappa shape index (κ1) is 18.1. The minimum atomic E-state index is 1.03. The molecular formula is C24H28. The number of unbranched alkanes of at least 4 members (excludes halogenated alkanes) is 1. The number of aryl methyl sites for hydroxylation is 4. The fraction of sp³-hybridized carbons (Fsp3) is 0.333. The van der Waals surface area contributed by atoms with Crippen LogP contribution in [0.1, 0.15) is 59.6 Å². The third-order valence-corrected chi connectivity index (χ3v) is 4.79. The van der Waals surface area contributed by atoms with E-state index in [9.17, 15) is 0 Å². The minimum absolute atomic E-state index is 1.03. The van der Waals surface area contributed by atoms with E-state index >= 15 is 0 Å². The summed E-state index contributed by atoms with van der Waals surface area (Å²) in [5, 5.41) is 0. The molecule has 0 atom stereocenters. The van der Waals surface area contributed by atoms with E-state index in [-0.39, 0.29) is 0 Å². The molecule has 0 saturated carbocycles. The highest BCUT2D eigenvalue weighted by atomic mass is 14.1. The van der Waals surface area contributed by atoms with Crippen LogP contribution in [0.3, 0.4) is 0 Å². The van der Waals surface area contributed by atoms with E-state index in [1.807, 2.05) is 12.1 Å². The van der Waals surface area contributed by atoms with Gasteiger partial charge < -0.3 is 0 Å². The van der Waals surface area contributed by atoms with Crippen LogP contribution < -0.4 is 0 Å². The second kappa shape index (κ2) is 8.55. The van der Waals surface area contributed by atoms with Crippen molar-refractivity contribution in [1.82, 2.24) is 0 Å². The first-order chi connectivity index (χ1) is 11.6. The summed E-state index contributed by atoms with van der Waals surface area (Å²) >= 11 is 0. The van der Waals surface area contributed by atoms with E-state index in [2.05, 4.69) is 57.5 Å². The van der Waals surface area contributed by atoms with Gasteiger partial charge in [-0.1, -0.05) is 49.8 Å². The number of benzene rings is 2. The van der Waals surface area contributed by atoms with Gasteiger partial charge in [-0.3, -0.25) is 0 Å². The molecule has 0 aliphatic carbocycles. The number of terminal acetylenes is 1. The predicted molar refractivity (Wildman–Crippen MR) is 106 cm³/mol. The van der Waals surface area contributed by atoms with Crippen LogP contribution in [0.25, 0.3) is 5.57 Å². The van der Waals surface area contributed by atoms with Crippen LogP contribution >= 0.6 is 0 Å². The Hall–Kier alpha value is -2.26. The minimum Gasteiger partial charge on any atom is -0.115 e. The van der Waals surface area contributed by atoms with Gasteiger partial charge in [0.15, 0.2) is 0 Å². The van der Waals surface area contributed by atoms with Crippen LogP contribution in [0.5, 0.6) is 0 Å². The topological polar surface area (TPSA) is 0 Å². The second-order valence-corrected chi connectivity index (χ2v) is 6.56. The zero-order valence-corrected chi connectivity index (χ0v) is 15.3. The highest BCUT2D eigenvalue weighted by Gasteiger charge is 2.07. The van der Waals surface area contributed by atoms with E-state index in [4.69, 9.17) is 6.42 Å². The average molecular weight is 316 g/mol. The molecule has 0 heterocycles. The zero-order valence-electron chi connectivity index (χ0n) is 15.3. The molecule has 0 radical (unpaired) electrons. The number of rotatable bonds is 7. The van der Waals surface area contributed by atoms with Crippen molar-refractivity contribution in [1.29, 1.82) is 0 Å². The number of hydrogen-bond acceptors (Lipinski definition) is 0. The van der Waals surface area contributed by atoms with Gasteiger partial charge in [0.25, 0.3) is 0 Å². The van der Waals surface area contributed by atoms with Crippen LogP contribution in [-0.2, 0) is 12.8 Å². The summed E-state index contributed by atoms with van der Waals surface area (Å²) in [5.74, 6) is 2.78. The van der Waals surface area contributed by atoms with Gasteiger partial charge in [0.1, 0.15) is 0 Å². The van der Waals surface area contributed by atoms with E-state index in [0.29, 0.717) is 0 Å². The van der Waals surface area contributed by atoms with Gasteiger partial charge in [-0.15, -0.1) is 6.42 Å². The number of hydrogen-bond donors (Lipinski definition) is 0. The van der Waals surface area contributed by atoms with Crippen molar-refractivity contribution in [3.63, 3.8) is 0 Å². The average Bonchev–Trinajstić information content (AvgIpc) is 2.59. The largest absolute Gasteiger partial charge is 0.115 e. The molecule has 0 heteroatoms. The second-order valence-electron chi connectivity index (χ2n) is 6.56. The highest BCUT2D eigenvalue weighted by Crippen LogP contribution is 2.26. The SMILES string of the molecule is C#Cc1ccccc1CCCCC(=C)c1cc(CC)c(C)cc1C. The summed E-state index contributed by atoms with van der Waals surface area (Å²) in [6.07, 6.45) is 11.0. The quantitative estimate of drug-likeness (QED) is 0.417. The van der Waals surface area contributed by atoms with Gasteiger partial charge in [0, 0.05) is 5.56 Å². The lowest BCUT2D eigenvalue weighted by molar-refractivity contribution is 0.753. The Morgan fingerprint density at radius 2 is 1.79 bits per heavy atom. The van der Waals surface area contributed by atoms with Crippen molar-refractivity contribution in [2.75, 3.05) is 0 Å². The third kappa shape index (κ3) is 4.39. The van der Waals surface area contributed by atoms with Crippen molar-refractivity contribution in [3.05, 3.63) is 76.4 Å². The maximum atomic E-state index is 5.57. The lowest BCUT2D eigenvalue weighted by Crippen LogP contribution is -1.96. The fourth-order valence-corrected chi connectivity index (χ4v) is 3.33. The van der Waals surface area contributed by atoms with E-state index in [1.54, 1.807) is 0 Å². The Labute approximate surface area is 147 Å². The van der Waals surface area contributed by atoms with Gasteiger partial charge in [0.05, 0.1) is 0 Å². The summed E-state index contributed by atoms with van der Waals surface area (Å²) in [5.41, 5.74) is 9.06. The molecular weight excluding hydrogens is 288 g/mol. The molecule has 0 nitrogen and oxygen atoms in total. The Kier molecular flexibility index (Phi) is 6.44. The van der Waals surface area contributed by atoms with Gasteiger partial charge in [-0.2, -0.15) is 0 Å². The monoisotopic (exact) mass is 316 g/mol. The first-order valence-electron chi connectivity index (χ1n) is 8.89. The summed E-state index contributed by atoms with van der Waals surface area (Å²) < 4.78 is 0. The molecule has 0 aliphatic rings. The molecule has 0 aromatic heterocycles. The van der Waals surface area contributed by atoms with Crippen LogP contribution in [-0.4, -0.2) is 0 Å². The van der Waals surface area contributed by atoms with Crippen LogP contribution in [0, 0.1) is 26.2 Å². The number of allylic oxidation sites excluding steroid dienone is 1. The third-order valence-electron chi connectivity index (χ3n) is 4.79. The molecule has 0 spiro atoms. The first-order valence-corrected chi connectivity index (χ1v) is 8.89. The van der Waals surface area contributed by atoms with E-state index in [0.717, 1.165) is 37.7 Å². The van der Waals surface area contributed by atoms with Gasteiger partial charge in [0.2, 0.25) is 0 Å². The van der Waals surface area contributed by atoms with E-state index < -0.39 is 0 Å². The van der Waals surface area contributed by atoms with Gasteiger partial charge in [-0.05, 0) is 85.4 Å². The lowest BCUT2D eigenvalue weighted by atomic mass is 9.92. The van der Waals surface area contributed by atoms with Crippen molar-refractivity contribution in [3.8, 4) is 12.3 Å². The molecule has 124 valence electrons. The lowest BCUT2D eigenvalue weighted by Gasteiger charge is -2.14. The molecule has 2 aromatic rings. The highest BCUT2D eigenvalue weighted by molar-refractivity contribution is 5.67. The molecule has 2 rings (SSSR count). The standard InChI is InChI=1S/C24H28/c1-6-21-13-10-11-15-23(21)14-9-8-12-18(3)24-17-22(7-2)19(4)16-20(24)5/h1,10-11,13,15-17H,3,7-9,12,14H2,2,4-5H3. The smallest absolute Gasteiger partial charge is 0.0274 e. The van der Waals surface area contributed by atoms with E-state index in [1.165, 1.54) is 33.4 Å². The molecule has 0 fully saturated rings. The van der Waals surface area contributed by atoms with Crippen LogP contribution in [0.2, 0.25) is 0 Å². The zero-order chi connectivity index (χ0) is 17.5. The van der Waals surface area contributed by atoms with Crippen molar-refractivity contribution in [2.24, 2.45) is 0 Å². The normalized spacial score (nSPS) is 10.4. The summed E-state index contributed by atoms with van der Waals surface area (Å²) in [7, 11) is 0. The van der Waals surface area contributed by atoms with Crippen molar-refractivity contribution < 1.29 is 0 Å². The summed E-state index contributed by atoms with van der Waals surface area (Å²) in [6.45, 7) is 10.9. The predicted octanol–water partition coefficient (Wildman–Crippen LogP) is 6.27. The molecule has 2 aromatic carbocycles. The molecule has 24 heavy (non-hydrogen) atoms. The molecule has 0 aliphatic heterocycles. The van der Waals surface area contributed by atoms with Crippen LogP contribution in [0.4, 0.5) is 0 Å². The summed E-state index contributed by atoms with van der Waals surface area (Å²) in [6, 6.07) is 12.9. The van der Waals surface area contributed by atoms with Crippen molar-refractivity contribution in [2.45, 2.75) is 52.9 Å².